The fourth-order valence-corrected chi connectivity index (χ4v) is 2.23. The highest BCUT2D eigenvalue weighted by Gasteiger charge is 2.07. The van der Waals surface area contributed by atoms with Crippen molar-refractivity contribution in [3.8, 4) is 5.75 Å². The number of ether oxygens (including phenoxy) is 1. The minimum atomic E-state index is 0.151. The summed E-state index contributed by atoms with van der Waals surface area (Å²) in [6, 6.07) is 13.1. The molecule has 0 aliphatic rings. The number of anilines is 2. The van der Waals surface area contributed by atoms with Crippen molar-refractivity contribution in [2.75, 3.05) is 5.32 Å². The lowest BCUT2D eigenvalue weighted by Gasteiger charge is -2.13. The molecule has 0 aromatic heterocycles. The fraction of sp³-hybridized carbons (Fsp3) is 0.188. The minimum Gasteiger partial charge on any atom is -0.491 e. The predicted molar refractivity (Wildman–Crippen MR) is 92.8 cm³/mol. The van der Waals surface area contributed by atoms with Crippen molar-refractivity contribution in [1.29, 1.82) is 0 Å². The maximum absolute atomic E-state index is 6.03. The number of hydrogen-bond donors (Lipinski definition) is 2. The van der Waals surface area contributed by atoms with Gasteiger partial charge in [-0.3, -0.25) is 0 Å². The Balaban J connectivity index is 2.22. The van der Waals surface area contributed by atoms with Gasteiger partial charge in [0.1, 0.15) is 10.7 Å². The van der Waals surface area contributed by atoms with Gasteiger partial charge in [0.25, 0.3) is 0 Å². The number of rotatable bonds is 5. The summed E-state index contributed by atoms with van der Waals surface area (Å²) in [6.45, 7) is 3.99. The van der Waals surface area contributed by atoms with Gasteiger partial charge >= 0.3 is 0 Å². The molecule has 0 unspecified atom stereocenters. The lowest BCUT2D eigenvalue weighted by molar-refractivity contribution is 0.242. The van der Waals surface area contributed by atoms with E-state index in [4.69, 9.17) is 34.3 Å². The SMILES string of the molecule is CC(C)Oc1ccc(Nc2cc(Cl)ccc2C(N)=S)cc1. The summed E-state index contributed by atoms with van der Waals surface area (Å²) >= 11 is 11.1. The van der Waals surface area contributed by atoms with Crippen molar-refractivity contribution >= 4 is 40.2 Å². The average Bonchev–Trinajstić information content (AvgIpc) is 2.40. The average molecular weight is 321 g/mol. The summed E-state index contributed by atoms with van der Waals surface area (Å²) in [4.78, 5) is 0.328. The van der Waals surface area contributed by atoms with E-state index < -0.39 is 0 Å². The molecule has 3 nitrogen and oxygen atoms in total. The summed E-state index contributed by atoms with van der Waals surface area (Å²) in [6.07, 6.45) is 0.151. The first-order valence-corrected chi connectivity index (χ1v) is 7.37. The van der Waals surface area contributed by atoms with E-state index >= 15 is 0 Å². The summed E-state index contributed by atoms with van der Waals surface area (Å²) < 4.78 is 5.61. The van der Waals surface area contributed by atoms with E-state index in [0.717, 1.165) is 22.7 Å². The number of hydrogen-bond acceptors (Lipinski definition) is 3. The van der Waals surface area contributed by atoms with Crippen molar-refractivity contribution in [2.45, 2.75) is 20.0 Å². The van der Waals surface area contributed by atoms with Gasteiger partial charge in [0.2, 0.25) is 0 Å². The Bertz CT molecular complexity index is 641. The van der Waals surface area contributed by atoms with Crippen LogP contribution in [0, 0.1) is 0 Å². The third-order valence-electron chi connectivity index (χ3n) is 2.75. The van der Waals surface area contributed by atoms with Crippen LogP contribution in [0.4, 0.5) is 11.4 Å². The number of benzene rings is 2. The molecule has 5 heteroatoms. The van der Waals surface area contributed by atoms with Crippen LogP contribution >= 0.6 is 23.8 Å². The molecule has 3 N–H and O–H groups in total. The second-order valence-corrected chi connectivity index (χ2v) is 5.75. The van der Waals surface area contributed by atoms with E-state index in [1.54, 1.807) is 12.1 Å². The van der Waals surface area contributed by atoms with E-state index in [0.29, 0.717) is 10.0 Å². The summed E-state index contributed by atoms with van der Waals surface area (Å²) in [7, 11) is 0. The Morgan fingerprint density at radius 1 is 1.19 bits per heavy atom. The monoisotopic (exact) mass is 320 g/mol. The van der Waals surface area contributed by atoms with Gasteiger partial charge in [-0.05, 0) is 56.3 Å². The Morgan fingerprint density at radius 2 is 1.86 bits per heavy atom. The Hall–Kier alpha value is -1.78. The zero-order valence-corrected chi connectivity index (χ0v) is 13.5. The molecule has 0 radical (unpaired) electrons. The molecule has 0 amide bonds. The van der Waals surface area contributed by atoms with Gasteiger partial charge in [-0.15, -0.1) is 0 Å². The molecule has 0 heterocycles. The molecule has 0 aliphatic carbocycles. The van der Waals surface area contributed by atoms with Crippen molar-refractivity contribution in [3.63, 3.8) is 0 Å². The standard InChI is InChI=1S/C16H17ClN2OS/c1-10(2)20-13-6-4-12(5-7-13)19-15-9-11(17)3-8-14(15)16(18)21/h3-10,19H,1-2H3,(H2,18,21). The van der Waals surface area contributed by atoms with Crippen molar-refractivity contribution in [3.05, 3.63) is 53.1 Å². The van der Waals surface area contributed by atoms with Crippen molar-refractivity contribution < 1.29 is 4.74 Å². The fourth-order valence-electron chi connectivity index (χ4n) is 1.88. The van der Waals surface area contributed by atoms with Crippen molar-refractivity contribution in [1.82, 2.24) is 0 Å². The summed E-state index contributed by atoms with van der Waals surface area (Å²) in [5.41, 5.74) is 8.18. The van der Waals surface area contributed by atoms with Crippen LogP contribution in [0.25, 0.3) is 0 Å². The van der Waals surface area contributed by atoms with Gasteiger partial charge in [-0.25, -0.2) is 0 Å². The zero-order valence-electron chi connectivity index (χ0n) is 11.9. The summed E-state index contributed by atoms with van der Waals surface area (Å²) in [5, 5.41) is 3.89. The van der Waals surface area contributed by atoms with Crippen LogP contribution in [0.1, 0.15) is 19.4 Å². The molecule has 0 saturated carbocycles. The lowest BCUT2D eigenvalue weighted by atomic mass is 10.1. The molecule has 0 aliphatic heterocycles. The quantitative estimate of drug-likeness (QED) is 0.796. The number of nitrogens with one attached hydrogen (secondary N) is 1. The van der Waals surface area contributed by atoms with Crippen LogP contribution in [0.15, 0.2) is 42.5 Å². The highest BCUT2D eigenvalue weighted by molar-refractivity contribution is 7.80. The van der Waals surface area contributed by atoms with Gasteiger partial charge in [0.15, 0.2) is 0 Å². The number of thiocarbonyl (C=S) groups is 1. The first-order chi connectivity index (χ1) is 9.95. The van der Waals surface area contributed by atoms with Gasteiger partial charge in [0.05, 0.1) is 11.8 Å². The predicted octanol–water partition coefficient (Wildman–Crippen LogP) is 4.51. The van der Waals surface area contributed by atoms with Crippen LogP contribution in [-0.2, 0) is 0 Å². The molecule has 2 aromatic rings. The molecule has 2 aromatic carbocycles. The van der Waals surface area contributed by atoms with Crippen LogP contribution < -0.4 is 15.8 Å². The van der Waals surface area contributed by atoms with Crippen LogP contribution in [-0.4, -0.2) is 11.1 Å². The Labute approximate surface area is 135 Å². The van der Waals surface area contributed by atoms with Crippen LogP contribution in [0.2, 0.25) is 5.02 Å². The molecule has 2 rings (SSSR count). The van der Waals surface area contributed by atoms with E-state index in [2.05, 4.69) is 5.32 Å². The molecular formula is C16H17ClN2OS. The second kappa shape index (κ2) is 6.78. The van der Waals surface area contributed by atoms with Crippen LogP contribution in [0.5, 0.6) is 5.75 Å². The normalized spacial score (nSPS) is 10.5. The molecular weight excluding hydrogens is 304 g/mol. The van der Waals surface area contributed by atoms with Crippen LogP contribution in [0.3, 0.4) is 0 Å². The molecule has 21 heavy (non-hydrogen) atoms. The van der Waals surface area contributed by atoms with E-state index in [1.807, 2.05) is 44.2 Å². The molecule has 0 atom stereocenters. The van der Waals surface area contributed by atoms with Gasteiger partial charge in [-0.2, -0.15) is 0 Å². The van der Waals surface area contributed by atoms with E-state index in [-0.39, 0.29) is 6.10 Å². The van der Waals surface area contributed by atoms with E-state index in [9.17, 15) is 0 Å². The Morgan fingerprint density at radius 3 is 2.43 bits per heavy atom. The minimum absolute atomic E-state index is 0.151. The Kier molecular flexibility index (Phi) is 5.04. The third kappa shape index (κ3) is 4.34. The van der Waals surface area contributed by atoms with Gasteiger partial charge in [-0.1, -0.05) is 23.8 Å². The highest BCUT2D eigenvalue weighted by atomic mass is 35.5. The number of nitrogens with two attached hydrogens (primary N) is 1. The van der Waals surface area contributed by atoms with Crippen molar-refractivity contribution in [2.24, 2.45) is 5.73 Å². The molecule has 0 saturated heterocycles. The largest absolute Gasteiger partial charge is 0.491 e. The lowest BCUT2D eigenvalue weighted by Crippen LogP contribution is -2.11. The smallest absolute Gasteiger partial charge is 0.119 e. The van der Waals surface area contributed by atoms with Gasteiger partial charge in [0, 0.05) is 16.3 Å². The maximum Gasteiger partial charge on any atom is 0.119 e. The van der Waals surface area contributed by atoms with E-state index in [1.165, 1.54) is 0 Å². The molecule has 0 fully saturated rings. The maximum atomic E-state index is 6.03. The summed E-state index contributed by atoms with van der Waals surface area (Å²) in [5.74, 6) is 0.830. The molecule has 0 spiro atoms. The zero-order chi connectivity index (χ0) is 15.4. The highest BCUT2D eigenvalue weighted by Crippen LogP contribution is 2.26. The topological polar surface area (TPSA) is 47.3 Å². The first kappa shape index (κ1) is 15.6. The number of halogens is 1. The molecule has 0 bridgehead atoms. The third-order valence-corrected chi connectivity index (χ3v) is 3.21. The molecule has 110 valence electrons. The van der Waals surface area contributed by atoms with Gasteiger partial charge < -0.3 is 15.8 Å². The second-order valence-electron chi connectivity index (χ2n) is 4.87. The first-order valence-electron chi connectivity index (χ1n) is 6.59.